The molecule has 1 aromatic carbocycles. The molecule has 158 valence electrons. The van der Waals surface area contributed by atoms with Crippen molar-refractivity contribution in [1.29, 1.82) is 0 Å². The van der Waals surface area contributed by atoms with Crippen LogP contribution in [0.4, 0.5) is 0 Å². The van der Waals surface area contributed by atoms with Crippen LogP contribution in [0.25, 0.3) is 0 Å². The van der Waals surface area contributed by atoms with Gasteiger partial charge in [-0.25, -0.2) is 8.42 Å². The van der Waals surface area contributed by atoms with E-state index >= 15 is 0 Å². The van der Waals surface area contributed by atoms with Gasteiger partial charge in [-0.15, -0.1) is 11.3 Å². The molecule has 2 heterocycles. The van der Waals surface area contributed by atoms with Crippen LogP contribution >= 0.6 is 11.3 Å². The molecular formula is C21H28N2O4S2. The van der Waals surface area contributed by atoms with E-state index in [2.05, 4.69) is 26.8 Å². The van der Waals surface area contributed by atoms with Gasteiger partial charge in [0, 0.05) is 26.2 Å². The van der Waals surface area contributed by atoms with E-state index in [1.165, 1.54) is 15.6 Å². The molecular weight excluding hydrogens is 408 g/mol. The summed E-state index contributed by atoms with van der Waals surface area (Å²) in [5, 5.41) is 1.75. The lowest BCUT2D eigenvalue weighted by Gasteiger charge is -2.33. The first-order valence-electron chi connectivity index (χ1n) is 9.64. The minimum absolute atomic E-state index is 0.0518. The fourth-order valence-corrected chi connectivity index (χ4v) is 5.87. The van der Waals surface area contributed by atoms with E-state index in [-0.39, 0.29) is 17.9 Å². The van der Waals surface area contributed by atoms with Gasteiger partial charge in [0.1, 0.15) is 9.96 Å². The largest absolute Gasteiger partial charge is 0.483 e. The average Bonchev–Trinajstić information content (AvgIpc) is 3.22. The molecule has 0 atom stereocenters. The van der Waals surface area contributed by atoms with E-state index in [0.29, 0.717) is 30.4 Å². The van der Waals surface area contributed by atoms with E-state index < -0.39 is 10.0 Å². The maximum absolute atomic E-state index is 12.6. The second-order valence-corrected chi connectivity index (χ2v) is 11.4. The van der Waals surface area contributed by atoms with E-state index in [9.17, 15) is 13.2 Å². The molecule has 0 bridgehead atoms. The van der Waals surface area contributed by atoms with Crippen LogP contribution in [0.15, 0.2) is 39.9 Å². The van der Waals surface area contributed by atoms with Crippen molar-refractivity contribution in [3.05, 3.63) is 46.8 Å². The first-order valence-corrected chi connectivity index (χ1v) is 12.0. The molecule has 0 aliphatic carbocycles. The van der Waals surface area contributed by atoms with Crippen molar-refractivity contribution in [3.8, 4) is 5.75 Å². The summed E-state index contributed by atoms with van der Waals surface area (Å²) >= 11 is 1.21. The Morgan fingerprint density at radius 3 is 2.41 bits per heavy atom. The Hall–Kier alpha value is -1.90. The Morgan fingerprint density at radius 1 is 1.14 bits per heavy atom. The van der Waals surface area contributed by atoms with E-state index in [1.54, 1.807) is 22.4 Å². The molecule has 29 heavy (non-hydrogen) atoms. The van der Waals surface area contributed by atoms with Crippen molar-refractivity contribution in [1.82, 2.24) is 9.21 Å². The maximum atomic E-state index is 12.6. The van der Waals surface area contributed by atoms with Crippen LogP contribution in [0, 0.1) is 6.92 Å². The lowest BCUT2D eigenvalue weighted by molar-refractivity contribution is -0.134. The zero-order valence-electron chi connectivity index (χ0n) is 17.3. The summed E-state index contributed by atoms with van der Waals surface area (Å²) in [6.07, 6.45) is 0. The second kappa shape index (κ2) is 8.45. The molecule has 1 aliphatic heterocycles. The Labute approximate surface area is 177 Å². The number of amides is 1. The van der Waals surface area contributed by atoms with E-state index in [1.807, 2.05) is 19.1 Å². The summed E-state index contributed by atoms with van der Waals surface area (Å²) in [6, 6.07) is 9.32. The number of nitrogens with zero attached hydrogens (tertiary/aromatic N) is 2. The summed E-state index contributed by atoms with van der Waals surface area (Å²) in [5.74, 6) is 0.592. The van der Waals surface area contributed by atoms with Crippen molar-refractivity contribution >= 4 is 27.3 Å². The molecule has 1 aromatic heterocycles. The molecule has 0 N–H and O–H groups in total. The molecule has 1 saturated heterocycles. The molecule has 2 aromatic rings. The van der Waals surface area contributed by atoms with Crippen LogP contribution < -0.4 is 4.74 Å². The molecule has 1 aliphatic rings. The monoisotopic (exact) mass is 436 g/mol. The number of aryl methyl sites for hydroxylation is 1. The van der Waals surface area contributed by atoms with Crippen molar-refractivity contribution < 1.29 is 17.9 Å². The van der Waals surface area contributed by atoms with Crippen LogP contribution in [0.1, 0.15) is 31.9 Å². The number of rotatable bonds is 5. The minimum atomic E-state index is -3.47. The highest BCUT2D eigenvalue weighted by Gasteiger charge is 2.31. The number of piperazine rings is 1. The van der Waals surface area contributed by atoms with E-state index in [4.69, 9.17) is 4.74 Å². The quantitative estimate of drug-likeness (QED) is 0.722. The smallest absolute Gasteiger partial charge is 0.260 e. The van der Waals surface area contributed by atoms with Crippen LogP contribution in [-0.4, -0.2) is 56.3 Å². The zero-order valence-corrected chi connectivity index (χ0v) is 19.0. The Balaban J connectivity index is 1.59. The Kier molecular flexibility index (Phi) is 6.36. The molecule has 6 nitrogen and oxygen atoms in total. The van der Waals surface area contributed by atoms with Gasteiger partial charge in [-0.05, 0) is 35.4 Å². The number of hydrogen-bond donors (Lipinski definition) is 0. The van der Waals surface area contributed by atoms with Crippen LogP contribution in [0.2, 0.25) is 0 Å². The van der Waals surface area contributed by atoms with Gasteiger partial charge in [0.2, 0.25) is 0 Å². The zero-order chi connectivity index (χ0) is 21.2. The summed E-state index contributed by atoms with van der Waals surface area (Å²) in [5.41, 5.74) is 2.13. The van der Waals surface area contributed by atoms with E-state index in [0.717, 1.165) is 16.9 Å². The maximum Gasteiger partial charge on any atom is 0.260 e. The molecule has 0 saturated carbocycles. The summed E-state index contributed by atoms with van der Waals surface area (Å²) in [7, 11) is -3.47. The number of thiophene rings is 1. The van der Waals surface area contributed by atoms with Crippen molar-refractivity contribution in [2.75, 3.05) is 32.8 Å². The number of benzene rings is 1. The van der Waals surface area contributed by atoms with Crippen molar-refractivity contribution in [2.45, 2.75) is 37.3 Å². The number of ether oxygens (including phenoxy) is 1. The van der Waals surface area contributed by atoms with Gasteiger partial charge in [-0.1, -0.05) is 44.5 Å². The summed E-state index contributed by atoms with van der Waals surface area (Å²) in [6.45, 7) is 9.65. The third kappa shape index (κ3) is 4.99. The standard InChI is InChI=1S/C21H28N2O4S2/c1-16-7-8-18(17(14-16)21(2,3)4)27-15-19(24)22-9-11-23(12-10-22)29(25,26)20-6-5-13-28-20/h5-8,13-14H,9-12,15H2,1-4H3. The van der Waals surface area contributed by atoms with Crippen molar-refractivity contribution in [3.63, 3.8) is 0 Å². The second-order valence-electron chi connectivity index (χ2n) is 8.26. The average molecular weight is 437 g/mol. The van der Waals surface area contributed by atoms with Gasteiger partial charge < -0.3 is 9.64 Å². The SMILES string of the molecule is Cc1ccc(OCC(=O)N2CCN(S(=O)(=O)c3cccs3)CC2)c(C(C)(C)C)c1. The lowest BCUT2D eigenvalue weighted by atomic mass is 9.85. The molecule has 0 spiro atoms. The molecule has 0 radical (unpaired) electrons. The van der Waals surface area contributed by atoms with Crippen LogP contribution in [-0.2, 0) is 20.2 Å². The predicted molar refractivity (Wildman–Crippen MR) is 115 cm³/mol. The fourth-order valence-electron chi connectivity index (χ4n) is 3.30. The van der Waals surface area contributed by atoms with Gasteiger partial charge >= 0.3 is 0 Å². The molecule has 8 heteroatoms. The highest BCUT2D eigenvalue weighted by atomic mass is 32.2. The van der Waals surface area contributed by atoms with Gasteiger partial charge in [0.25, 0.3) is 15.9 Å². The highest BCUT2D eigenvalue weighted by Crippen LogP contribution is 2.32. The lowest BCUT2D eigenvalue weighted by Crippen LogP contribution is -2.51. The topological polar surface area (TPSA) is 66.9 Å². The number of hydrogen-bond acceptors (Lipinski definition) is 5. The third-order valence-electron chi connectivity index (χ3n) is 4.97. The third-order valence-corrected chi connectivity index (χ3v) is 8.25. The molecule has 1 amide bonds. The normalized spacial score (nSPS) is 16.1. The minimum Gasteiger partial charge on any atom is -0.483 e. The summed E-state index contributed by atoms with van der Waals surface area (Å²) in [4.78, 5) is 14.3. The highest BCUT2D eigenvalue weighted by molar-refractivity contribution is 7.91. The molecule has 3 rings (SSSR count). The molecule has 1 fully saturated rings. The number of carbonyl (C=O) groups excluding carboxylic acids is 1. The van der Waals surface area contributed by atoms with Gasteiger partial charge in [-0.2, -0.15) is 4.31 Å². The van der Waals surface area contributed by atoms with Gasteiger partial charge in [0.15, 0.2) is 6.61 Å². The van der Waals surface area contributed by atoms with Crippen LogP contribution in [0.3, 0.4) is 0 Å². The first-order chi connectivity index (χ1) is 13.6. The number of sulfonamides is 1. The van der Waals surface area contributed by atoms with Crippen LogP contribution in [0.5, 0.6) is 5.75 Å². The predicted octanol–water partition coefficient (Wildman–Crippen LogP) is 3.27. The number of carbonyl (C=O) groups is 1. The van der Waals surface area contributed by atoms with Gasteiger partial charge in [0.05, 0.1) is 0 Å². The first kappa shape index (κ1) is 21.8. The van der Waals surface area contributed by atoms with Crippen molar-refractivity contribution in [2.24, 2.45) is 0 Å². The Morgan fingerprint density at radius 2 is 1.83 bits per heavy atom. The summed E-state index contributed by atoms with van der Waals surface area (Å²) < 4.78 is 32.9. The Bertz CT molecular complexity index is 955. The fraction of sp³-hybridized carbons (Fsp3) is 0.476. The molecule has 0 unspecified atom stereocenters. The van der Waals surface area contributed by atoms with Gasteiger partial charge in [-0.3, -0.25) is 4.79 Å².